The molecule has 1 unspecified atom stereocenters. The molecule has 2 heterocycles. The van der Waals surface area contributed by atoms with Gasteiger partial charge in [-0.25, -0.2) is 0 Å². The van der Waals surface area contributed by atoms with E-state index in [1.807, 2.05) is 0 Å². The highest BCUT2D eigenvalue weighted by atomic mass is 35.5. The van der Waals surface area contributed by atoms with Crippen molar-refractivity contribution in [2.75, 3.05) is 13.1 Å². The van der Waals surface area contributed by atoms with Gasteiger partial charge >= 0.3 is 6.18 Å². The Morgan fingerprint density at radius 1 is 1.23 bits per heavy atom. The summed E-state index contributed by atoms with van der Waals surface area (Å²) in [5.41, 5.74) is -0.472. The molecule has 3 rings (SSSR count). The van der Waals surface area contributed by atoms with Gasteiger partial charge in [-0.2, -0.15) is 13.2 Å². The summed E-state index contributed by atoms with van der Waals surface area (Å²) in [6.45, 7) is 1.99. The van der Waals surface area contributed by atoms with Crippen LogP contribution in [0.5, 0.6) is 5.75 Å². The van der Waals surface area contributed by atoms with Gasteiger partial charge in [-0.3, -0.25) is 4.98 Å². The number of halogens is 4. The van der Waals surface area contributed by atoms with E-state index in [0.717, 1.165) is 57.5 Å². The molecular formula is C15H20ClF3N2O. The van der Waals surface area contributed by atoms with Crippen molar-refractivity contribution < 1.29 is 17.9 Å². The van der Waals surface area contributed by atoms with Crippen molar-refractivity contribution in [1.82, 2.24) is 10.3 Å². The van der Waals surface area contributed by atoms with Gasteiger partial charge < -0.3 is 10.1 Å². The molecule has 2 fully saturated rings. The number of piperidine rings is 1. The fourth-order valence-electron chi connectivity index (χ4n) is 3.55. The Hall–Kier alpha value is -1.01. The van der Waals surface area contributed by atoms with E-state index in [4.69, 9.17) is 4.74 Å². The topological polar surface area (TPSA) is 34.1 Å². The molecule has 22 heavy (non-hydrogen) atoms. The minimum atomic E-state index is -4.40. The smallest absolute Gasteiger partial charge is 0.420 e. The van der Waals surface area contributed by atoms with Crippen LogP contribution in [0, 0.1) is 5.41 Å². The fraction of sp³-hybridized carbons (Fsp3) is 0.667. The minimum Gasteiger partial charge on any atom is -0.488 e. The number of nitrogens with one attached hydrogen (secondary N) is 1. The van der Waals surface area contributed by atoms with Gasteiger partial charge in [0.15, 0.2) is 0 Å². The summed E-state index contributed by atoms with van der Waals surface area (Å²) < 4.78 is 44.5. The Morgan fingerprint density at radius 2 is 1.95 bits per heavy atom. The van der Waals surface area contributed by atoms with Crippen molar-refractivity contribution >= 4 is 12.4 Å². The van der Waals surface area contributed by atoms with E-state index < -0.39 is 11.7 Å². The maximum Gasteiger partial charge on any atom is 0.420 e. The number of pyridine rings is 1. The number of rotatable bonds is 2. The van der Waals surface area contributed by atoms with E-state index >= 15 is 0 Å². The van der Waals surface area contributed by atoms with Crippen molar-refractivity contribution in [3.63, 3.8) is 0 Å². The highest BCUT2D eigenvalue weighted by Gasteiger charge is 2.42. The third-order valence-corrected chi connectivity index (χ3v) is 4.71. The zero-order chi connectivity index (χ0) is 14.9. The lowest BCUT2D eigenvalue weighted by Gasteiger charge is -2.33. The molecule has 0 bridgehead atoms. The average Bonchev–Trinajstić information content (AvgIpc) is 2.81. The second-order valence-electron chi connectivity index (χ2n) is 6.10. The van der Waals surface area contributed by atoms with Crippen LogP contribution in [0.25, 0.3) is 0 Å². The Bertz CT molecular complexity index is 504. The number of alkyl halides is 3. The van der Waals surface area contributed by atoms with Crippen molar-refractivity contribution in [2.24, 2.45) is 5.41 Å². The summed E-state index contributed by atoms with van der Waals surface area (Å²) in [5, 5.41) is 3.33. The van der Waals surface area contributed by atoms with E-state index in [1.165, 1.54) is 6.20 Å². The first-order valence-corrected chi connectivity index (χ1v) is 7.37. The van der Waals surface area contributed by atoms with E-state index in [-0.39, 0.29) is 29.7 Å². The van der Waals surface area contributed by atoms with Crippen molar-refractivity contribution in [3.8, 4) is 5.75 Å². The van der Waals surface area contributed by atoms with Crippen LogP contribution in [-0.4, -0.2) is 24.2 Å². The molecule has 124 valence electrons. The van der Waals surface area contributed by atoms with E-state index in [1.54, 1.807) is 0 Å². The van der Waals surface area contributed by atoms with Crippen LogP contribution >= 0.6 is 12.4 Å². The van der Waals surface area contributed by atoms with Gasteiger partial charge in [-0.05, 0) is 56.7 Å². The molecule has 1 aliphatic carbocycles. The zero-order valence-corrected chi connectivity index (χ0v) is 13.0. The standard InChI is InChI=1S/C15H19F3N2O.ClH/c16-15(17,18)12-2-6-20-10-13(12)21-11-1-3-14(9-11)4-7-19-8-5-14;/h2,6,10-11,19H,1,3-5,7-9H2;1H. The molecule has 1 N–H and O–H groups in total. The molecule has 1 aromatic heterocycles. The molecule has 1 atom stereocenters. The summed E-state index contributed by atoms with van der Waals surface area (Å²) in [6.07, 6.45) is 2.69. The highest BCUT2D eigenvalue weighted by Crippen LogP contribution is 2.47. The summed E-state index contributed by atoms with van der Waals surface area (Å²) in [4.78, 5) is 3.77. The lowest BCUT2D eigenvalue weighted by molar-refractivity contribution is -0.139. The maximum absolute atomic E-state index is 13.0. The van der Waals surface area contributed by atoms with Crippen molar-refractivity contribution in [1.29, 1.82) is 0 Å². The molecule has 7 heteroatoms. The van der Waals surface area contributed by atoms with Crippen molar-refractivity contribution in [2.45, 2.75) is 44.4 Å². The number of hydrogen-bond acceptors (Lipinski definition) is 3. The van der Waals surface area contributed by atoms with Crippen LogP contribution in [0.2, 0.25) is 0 Å². The number of aromatic nitrogens is 1. The second-order valence-corrected chi connectivity index (χ2v) is 6.10. The predicted octanol–water partition coefficient (Wildman–Crippen LogP) is 3.82. The lowest BCUT2D eigenvalue weighted by atomic mass is 9.77. The van der Waals surface area contributed by atoms with Gasteiger partial charge in [0.05, 0.1) is 12.3 Å². The van der Waals surface area contributed by atoms with Crippen LogP contribution in [0.4, 0.5) is 13.2 Å². The molecule has 1 aliphatic heterocycles. The monoisotopic (exact) mass is 336 g/mol. The van der Waals surface area contributed by atoms with Gasteiger partial charge in [0, 0.05) is 6.20 Å². The molecular weight excluding hydrogens is 317 g/mol. The van der Waals surface area contributed by atoms with Gasteiger partial charge in [0.25, 0.3) is 0 Å². The first-order chi connectivity index (χ1) is 9.99. The summed E-state index contributed by atoms with van der Waals surface area (Å²) in [5.74, 6) is -0.138. The largest absolute Gasteiger partial charge is 0.488 e. The molecule has 0 amide bonds. The highest BCUT2D eigenvalue weighted by molar-refractivity contribution is 5.85. The molecule has 1 spiro atoms. The molecule has 1 saturated carbocycles. The van der Waals surface area contributed by atoms with Gasteiger partial charge in [-0.1, -0.05) is 0 Å². The van der Waals surface area contributed by atoms with Crippen LogP contribution < -0.4 is 10.1 Å². The molecule has 1 saturated heterocycles. The normalized spacial score (nSPS) is 24.0. The average molecular weight is 337 g/mol. The maximum atomic E-state index is 13.0. The summed E-state index contributed by atoms with van der Waals surface area (Å²) >= 11 is 0. The summed E-state index contributed by atoms with van der Waals surface area (Å²) in [7, 11) is 0. The van der Waals surface area contributed by atoms with E-state index in [2.05, 4.69) is 10.3 Å². The quantitative estimate of drug-likeness (QED) is 0.891. The third-order valence-electron chi connectivity index (χ3n) is 4.71. The van der Waals surface area contributed by atoms with Crippen LogP contribution in [0.3, 0.4) is 0 Å². The minimum absolute atomic E-state index is 0. The molecule has 2 aliphatic rings. The Morgan fingerprint density at radius 3 is 2.64 bits per heavy atom. The van der Waals surface area contributed by atoms with Crippen molar-refractivity contribution in [3.05, 3.63) is 24.0 Å². The van der Waals surface area contributed by atoms with Gasteiger partial charge in [-0.15, -0.1) is 12.4 Å². The van der Waals surface area contributed by atoms with Gasteiger partial charge in [0.1, 0.15) is 11.3 Å². The molecule has 0 radical (unpaired) electrons. The first-order valence-electron chi connectivity index (χ1n) is 7.37. The summed E-state index contributed by atoms with van der Waals surface area (Å²) in [6, 6.07) is 0.977. The Labute approximate surface area is 134 Å². The number of nitrogens with zero attached hydrogens (tertiary/aromatic N) is 1. The molecule has 0 aromatic carbocycles. The number of ether oxygens (including phenoxy) is 1. The van der Waals surface area contributed by atoms with Crippen LogP contribution in [0.15, 0.2) is 18.5 Å². The Balaban J connectivity index is 0.00000176. The number of hydrogen-bond donors (Lipinski definition) is 1. The fourth-order valence-corrected chi connectivity index (χ4v) is 3.55. The van der Waals surface area contributed by atoms with Gasteiger partial charge in [0.2, 0.25) is 0 Å². The SMILES string of the molecule is Cl.FC(F)(F)c1ccncc1OC1CCC2(CCNCC2)C1. The molecule has 3 nitrogen and oxygen atoms in total. The Kier molecular flexibility index (Phi) is 5.22. The predicted molar refractivity (Wildman–Crippen MR) is 79.3 cm³/mol. The lowest BCUT2D eigenvalue weighted by Crippen LogP contribution is -2.35. The third kappa shape index (κ3) is 3.66. The second kappa shape index (κ2) is 6.62. The van der Waals surface area contributed by atoms with E-state index in [9.17, 15) is 13.2 Å². The van der Waals surface area contributed by atoms with Crippen LogP contribution in [0.1, 0.15) is 37.7 Å². The molecule has 1 aromatic rings. The van der Waals surface area contributed by atoms with E-state index in [0.29, 0.717) is 0 Å². The zero-order valence-electron chi connectivity index (χ0n) is 12.2. The first kappa shape index (κ1) is 17.3. The van der Waals surface area contributed by atoms with Crippen LogP contribution in [-0.2, 0) is 6.18 Å².